The molecule has 146 valence electrons. The quantitative estimate of drug-likeness (QED) is 0.655. The number of aromatic nitrogens is 2. The molecule has 11 heteroatoms. The summed E-state index contributed by atoms with van der Waals surface area (Å²) in [6.07, 6.45) is 1.59. The largest absolute Gasteiger partial charge is 0.451 e. The number of carbonyl (C=O) groups excluding carboxylic acids is 2. The molecule has 1 aromatic carbocycles. The normalized spacial score (nSPS) is 11.4. The molecule has 0 aliphatic heterocycles. The maximum Gasteiger partial charge on any atom is 0.359 e. The molecule has 1 amide bonds. The van der Waals surface area contributed by atoms with Crippen molar-refractivity contribution in [2.75, 3.05) is 11.9 Å². The number of aromatic amines is 1. The SMILES string of the molecule is CCCc1cc(C(=O)OCC(=O)Nc2ccc(S(=O)(=O)C(F)F)cc2)n[nH]1. The molecule has 27 heavy (non-hydrogen) atoms. The van der Waals surface area contributed by atoms with Gasteiger partial charge in [-0.2, -0.15) is 13.9 Å². The molecule has 0 bridgehead atoms. The van der Waals surface area contributed by atoms with E-state index in [4.69, 9.17) is 4.74 Å². The molecule has 2 rings (SSSR count). The molecule has 1 heterocycles. The van der Waals surface area contributed by atoms with Crippen LogP contribution >= 0.6 is 0 Å². The second kappa shape index (κ2) is 8.71. The number of hydrogen-bond acceptors (Lipinski definition) is 6. The van der Waals surface area contributed by atoms with Crippen LogP contribution in [0.2, 0.25) is 0 Å². The number of benzene rings is 1. The van der Waals surface area contributed by atoms with Crippen molar-refractivity contribution in [1.29, 1.82) is 0 Å². The van der Waals surface area contributed by atoms with Crippen molar-refractivity contribution in [3.05, 3.63) is 41.7 Å². The third-order valence-corrected chi connectivity index (χ3v) is 4.79. The Morgan fingerprint density at radius 1 is 1.26 bits per heavy atom. The lowest BCUT2D eigenvalue weighted by molar-refractivity contribution is -0.119. The first-order valence-electron chi connectivity index (χ1n) is 7.87. The van der Waals surface area contributed by atoms with Gasteiger partial charge in [-0.05, 0) is 36.8 Å². The lowest BCUT2D eigenvalue weighted by atomic mass is 10.2. The topological polar surface area (TPSA) is 118 Å². The standard InChI is InChI=1S/C16H17F2N3O5S/c1-2-3-11-8-13(21-20-11)15(23)26-9-14(22)19-10-4-6-12(7-5-10)27(24,25)16(17)18/h4-8,16H,2-3,9H2,1H3,(H,19,22)(H,20,21). The monoisotopic (exact) mass is 401 g/mol. The summed E-state index contributed by atoms with van der Waals surface area (Å²) in [4.78, 5) is 23.0. The highest BCUT2D eigenvalue weighted by atomic mass is 32.2. The number of rotatable bonds is 8. The molecule has 0 saturated heterocycles. The number of anilines is 1. The van der Waals surface area contributed by atoms with E-state index in [1.165, 1.54) is 6.07 Å². The van der Waals surface area contributed by atoms with Crippen LogP contribution < -0.4 is 5.32 Å². The molecule has 0 saturated carbocycles. The number of H-pyrrole nitrogens is 1. The van der Waals surface area contributed by atoms with Crippen LogP contribution in [0.1, 0.15) is 29.5 Å². The zero-order chi connectivity index (χ0) is 20.0. The fourth-order valence-electron chi connectivity index (χ4n) is 2.10. The lowest BCUT2D eigenvalue weighted by Gasteiger charge is -2.07. The summed E-state index contributed by atoms with van der Waals surface area (Å²) in [6.45, 7) is 1.38. The summed E-state index contributed by atoms with van der Waals surface area (Å²) in [5.41, 5.74) is 0.981. The fraction of sp³-hybridized carbons (Fsp3) is 0.312. The van der Waals surface area contributed by atoms with Crippen LogP contribution in [0.25, 0.3) is 0 Å². The molecule has 0 aliphatic carbocycles. The number of hydrogen-bond donors (Lipinski definition) is 2. The third-order valence-electron chi connectivity index (χ3n) is 3.39. The number of aryl methyl sites for hydroxylation is 1. The number of nitrogens with one attached hydrogen (secondary N) is 2. The van der Waals surface area contributed by atoms with Gasteiger partial charge in [-0.3, -0.25) is 9.89 Å². The van der Waals surface area contributed by atoms with Gasteiger partial charge in [0.1, 0.15) is 0 Å². The van der Waals surface area contributed by atoms with Crippen LogP contribution in [0.3, 0.4) is 0 Å². The van der Waals surface area contributed by atoms with Crippen LogP contribution in [-0.4, -0.2) is 42.9 Å². The van der Waals surface area contributed by atoms with E-state index < -0.39 is 39.0 Å². The van der Waals surface area contributed by atoms with Crippen molar-refractivity contribution in [3.63, 3.8) is 0 Å². The Bertz CT molecular complexity index is 910. The van der Waals surface area contributed by atoms with Gasteiger partial charge in [-0.15, -0.1) is 0 Å². The second-order valence-corrected chi connectivity index (χ2v) is 7.40. The summed E-state index contributed by atoms with van der Waals surface area (Å²) in [6, 6.07) is 5.73. The van der Waals surface area contributed by atoms with Gasteiger partial charge >= 0.3 is 11.7 Å². The molecule has 1 aromatic heterocycles. The summed E-state index contributed by atoms with van der Waals surface area (Å²) < 4.78 is 52.4. The van der Waals surface area contributed by atoms with Gasteiger partial charge in [-0.25, -0.2) is 13.2 Å². The number of alkyl halides is 2. The Morgan fingerprint density at radius 2 is 1.93 bits per heavy atom. The summed E-state index contributed by atoms with van der Waals surface area (Å²) >= 11 is 0. The van der Waals surface area contributed by atoms with Crippen LogP contribution in [0.15, 0.2) is 35.2 Å². The predicted octanol–water partition coefficient (Wildman–Crippen LogP) is 2.15. The number of carbonyl (C=O) groups is 2. The van der Waals surface area contributed by atoms with Crippen LogP contribution in [-0.2, 0) is 25.8 Å². The van der Waals surface area contributed by atoms with Gasteiger partial charge in [0.15, 0.2) is 12.3 Å². The van der Waals surface area contributed by atoms with Crippen LogP contribution in [0.4, 0.5) is 14.5 Å². The highest BCUT2D eigenvalue weighted by Crippen LogP contribution is 2.20. The maximum atomic E-state index is 12.5. The Kier molecular flexibility index (Phi) is 6.61. The molecule has 2 aromatic rings. The molecule has 0 spiro atoms. The molecule has 0 unspecified atom stereocenters. The molecule has 2 N–H and O–H groups in total. The highest BCUT2D eigenvalue weighted by Gasteiger charge is 2.26. The van der Waals surface area contributed by atoms with E-state index >= 15 is 0 Å². The van der Waals surface area contributed by atoms with Crippen molar-refractivity contribution < 1.29 is 31.5 Å². The van der Waals surface area contributed by atoms with E-state index in [1.807, 2.05) is 6.92 Å². The van der Waals surface area contributed by atoms with Crippen molar-refractivity contribution >= 4 is 27.4 Å². The van der Waals surface area contributed by atoms with Gasteiger partial charge in [0, 0.05) is 11.4 Å². The number of ether oxygens (including phenoxy) is 1. The Labute approximate surface area is 153 Å². The molecule has 0 radical (unpaired) electrons. The van der Waals surface area contributed by atoms with Gasteiger partial charge in [0.2, 0.25) is 9.84 Å². The molecular formula is C16H17F2N3O5S. The minimum absolute atomic E-state index is 0.0489. The zero-order valence-electron chi connectivity index (χ0n) is 14.2. The van der Waals surface area contributed by atoms with Crippen molar-refractivity contribution in [2.24, 2.45) is 0 Å². The first-order chi connectivity index (χ1) is 12.7. The van der Waals surface area contributed by atoms with E-state index in [2.05, 4.69) is 15.5 Å². The smallest absolute Gasteiger partial charge is 0.359 e. The average molecular weight is 401 g/mol. The molecule has 8 nitrogen and oxygen atoms in total. The second-order valence-electron chi connectivity index (χ2n) is 5.48. The van der Waals surface area contributed by atoms with E-state index in [0.29, 0.717) is 0 Å². The number of halogens is 2. The van der Waals surface area contributed by atoms with Crippen molar-refractivity contribution in [2.45, 2.75) is 30.4 Å². The summed E-state index contributed by atoms with van der Waals surface area (Å²) in [5, 5.41) is 8.84. The number of sulfone groups is 1. The first-order valence-corrected chi connectivity index (χ1v) is 9.42. The van der Waals surface area contributed by atoms with Gasteiger partial charge in [0.05, 0.1) is 4.90 Å². The van der Waals surface area contributed by atoms with Crippen LogP contribution in [0, 0.1) is 0 Å². The van der Waals surface area contributed by atoms with Crippen molar-refractivity contribution in [1.82, 2.24) is 10.2 Å². The maximum absolute atomic E-state index is 12.5. The van der Waals surface area contributed by atoms with Crippen LogP contribution in [0.5, 0.6) is 0 Å². The third kappa shape index (κ3) is 5.33. The molecular weight excluding hydrogens is 384 g/mol. The average Bonchev–Trinajstić information content (AvgIpc) is 3.09. The van der Waals surface area contributed by atoms with Crippen molar-refractivity contribution in [3.8, 4) is 0 Å². The summed E-state index contributed by atoms with van der Waals surface area (Å²) in [5.74, 6) is -4.99. The number of nitrogens with zero attached hydrogens (tertiary/aromatic N) is 1. The van der Waals surface area contributed by atoms with E-state index in [9.17, 15) is 26.8 Å². The van der Waals surface area contributed by atoms with Gasteiger partial charge in [0.25, 0.3) is 5.91 Å². The van der Waals surface area contributed by atoms with E-state index in [-0.39, 0.29) is 11.4 Å². The van der Waals surface area contributed by atoms with E-state index in [1.54, 1.807) is 0 Å². The lowest BCUT2D eigenvalue weighted by Crippen LogP contribution is -2.21. The minimum Gasteiger partial charge on any atom is -0.451 e. The van der Waals surface area contributed by atoms with Gasteiger partial charge in [-0.1, -0.05) is 13.3 Å². The molecule has 0 aliphatic rings. The molecule has 0 atom stereocenters. The fourth-order valence-corrected chi connectivity index (χ4v) is 2.82. The Hall–Kier alpha value is -2.82. The summed E-state index contributed by atoms with van der Waals surface area (Å²) in [7, 11) is -4.70. The Morgan fingerprint density at radius 3 is 2.52 bits per heavy atom. The number of esters is 1. The van der Waals surface area contributed by atoms with E-state index in [0.717, 1.165) is 42.8 Å². The minimum atomic E-state index is -4.70. The predicted molar refractivity (Wildman–Crippen MR) is 91.1 cm³/mol. The first kappa shape index (κ1) is 20.5. The highest BCUT2D eigenvalue weighted by molar-refractivity contribution is 7.91. The molecule has 0 fully saturated rings. The number of amides is 1. The van der Waals surface area contributed by atoms with Gasteiger partial charge < -0.3 is 10.1 Å². The zero-order valence-corrected chi connectivity index (χ0v) is 15.1. The Balaban J connectivity index is 1.89.